The zero-order chi connectivity index (χ0) is 22.8. The van der Waals surface area contributed by atoms with Gasteiger partial charge in [-0.2, -0.15) is 23.0 Å². The van der Waals surface area contributed by atoms with E-state index in [9.17, 15) is 23.1 Å². The summed E-state index contributed by atoms with van der Waals surface area (Å²) in [6.45, 7) is 4.48. The van der Waals surface area contributed by atoms with Crippen LogP contribution in [0.1, 0.15) is 46.0 Å². The summed E-state index contributed by atoms with van der Waals surface area (Å²) in [5.41, 5.74) is 0.0134. The van der Waals surface area contributed by atoms with Crippen molar-refractivity contribution in [2.75, 3.05) is 18.0 Å². The lowest BCUT2D eigenvalue weighted by Gasteiger charge is -2.38. The lowest BCUT2D eigenvalue weighted by atomic mass is 9.90. The van der Waals surface area contributed by atoms with Crippen molar-refractivity contribution in [2.45, 2.75) is 70.1 Å². The van der Waals surface area contributed by atoms with Gasteiger partial charge in [0.2, 0.25) is 0 Å². The maximum absolute atomic E-state index is 12.1. The molecule has 3 rings (SSSR count). The number of nitrogens with one attached hydrogen (secondary N) is 3. The molecule has 4 N–H and O–H groups in total. The Hall–Kier alpha value is -1.89. The fourth-order valence-corrected chi connectivity index (χ4v) is 6.00. The third-order valence-corrected chi connectivity index (χ3v) is 7.49. The van der Waals surface area contributed by atoms with Crippen molar-refractivity contribution in [3.8, 4) is 0 Å². The van der Waals surface area contributed by atoms with Crippen LogP contribution in [-0.2, 0) is 10.2 Å². The summed E-state index contributed by atoms with van der Waals surface area (Å²) in [7, 11) is -3.58. The highest BCUT2D eigenvalue weighted by molar-refractivity contribution is 7.87. The minimum Gasteiger partial charge on any atom is -0.465 e. The van der Waals surface area contributed by atoms with Gasteiger partial charge in [-0.25, -0.2) is 9.89 Å². The van der Waals surface area contributed by atoms with Crippen LogP contribution >= 0.6 is 11.6 Å². The van der Waals surface area contributed by atoms with E-state index in [-0.39, 0.29) is 29.2 Å². The number of aromatic amines is 1. The third-order valence-electron chi connectivity index (χ3n) is 5.70. The number of anilines is 1. The lowest BCUT2D eigenvalue weighted by molar-refractivity contribution is 0.0859. The van der Waals surface area contributed by atoms with Crippen molar-refractivity contribution in [3.63, 3.8) is 0 Å². The molecule has 1 saturated carbocycles. The van der Waals surface area contributed by atoms with Gasteiger partial charge in [-0.05, 0) is 46.0 Å². The number of nitrogens with zero attached hydrogens (tertiary/aromatic N) is 3. The van der Waals surface area contributed by atoms with Crippen molar-refractivity contribution < 1.29 is 18.3 Å². The summed E-state index contributed by atoms with van der Waals surface area (Å²) in [4.78, 5) is 27.2. The molecule has 1 unspecified atom stereocenters. The summed E-state index contributed by atoms with van der Waals surface area (Å²) in [5.74, 6) is 0. The molecule has 11 nitrogen and oxygen atoms in total. The first kappa shape index (κ1) is 23.8. The molecule has 2 heterocycles. The fraction of sp³-hybridized carbons (Fsp3) is 0.722. The van der Waals surface area contributed by atoms with E-state index in [1.807, 2.05) is 4.90 Å². The second kappa shape index (κ2) is 9.72. The van der Waals surface area contributed by atoms with Crippen molar-refractivity contribution in [3.05, 3.63) is 21.6 Å². The second-order valence-electron chi connectivity index (χ2n) is 8.38. The number of H-pyrrole nitrogens is 1. The van der Waals surface area contributed by atoms with Gasteiger partial charge in [-0.1, -0.05) is 11.6 Å². The predicted molar refractivity (Wildman–Crippen MR) is 117 cm³/mol. The summed E-state index contributed by atoms with van der Waals surface area (Å²) in [6, 6.07) is -0.850. The van der Waals surface area contributed by atoms with Crippen molar-refractivity contribution in [1.82, 2.24) is 24.5 Å². The van der Waals surface area contributed by atoms with Gasteiger partial charge in [0.05, 0.1) is 17.9 Å². The molecule has 13 heteroatoms. The smallest absolute Gasteiger partial charge is 0.407 e. The number of hydrogen-bond donors (Lipinski definition) is 4. The standard InChI is InChI=1S/C18H29ClN6O5S/c1-11(2)22-31(29,30)23-12-3-5-13(6-4-12)25(18(27)28)14-7-8-24(10-14)15-9-20-21-17(26)16(15)19/h9,11-14,22-23H,3-8,10H2,1-2H3,(H,21,26)(H,27,28)/t12-,13-,14?. The summed E-state index contributed by atoms with van der Waals surface area (Å²) in [5, 5.41) is 16.0. The van der Waals surface area contributed by atoms with Crippen molar-refractivity contribution in [1.29, 1.82) is 0 Å². The van der Waals surface area contributed by atoms with Crippen LogP contribution < -0.4 is 19.9 Å². The molecule has 1 amide bonds. The van der Waals surface area contributed by atoms with Crippen molar-refractivity contribution >= 4 is 33.6 Å². The first-order valence-electron chi connectivity index (χ1n) is 10.4. The summed E-state index contributed by atoms with van der Waals surface area (Å²) in [6.07, 6.45) is 3.37. The van der Waals surface area contributed by atoms with E-state index in [4.69, 9.17) is 11.6 Å². The average molecular weight is 477 g/mol. The average Bonchev–Trinajstić information content (AvgIpc) is 3.13. The number of carboxylic acid groups (broad SMARTS) is 1. The molecule has 2 aliphatic rings. The van der Waals surface area contributed by atoms with Crippen molar-refractivity contribution in [2.24, 2.45) is 0 Å². The Labute approximate surface area is 186 Å². The molecule has 0 aromatic carbocycles. The molecule has 0 radical (unpaired) electrons. The first-order chi connectivity index (χ1) is 14.6. The van der Waals surface area contributed by atoms with Crippen LogP contribution in [0.25, 0.3) is 0 Å². The van der Waals surface area contributed by atoms with Gasteiger partial charge in [0.1, 0.15) is 5.02 Å². The van der Waals surface area contributed by atoms with Crippen LogP contribution in [0.2, 0.25) is 5.02 Å². The highest BCUT2D eigenvalue weighted by atomic mass is 35.5. The number of hydrogen-bond acceptors (Lipinski definition) is 6. The van der Waals surface area contributed by atoms with Gasteiger partial charge in [0.15, 0.2) is 0 Å². The Kier molecular flexibility index (Phi) is 7.45. The Morgan fingerprint density at radius 2 is 1.97 bits per heavy atom. The molecule has 1 aliphatic heterocycles. The van der Waals surface area contributed by atoms with Crippen LogP contribution in [0.4, 0.5) is 10.5 Å². The van der Waals surface area contributed by atoms with Gasteiger partial charge in [-0.3, -0.25) is 4.79 Å². The number of halogens is 1. The van der Waals surface area contributed by atoms with E-state index < -0.39 is 21.9 Å². The van der Waals surface area contributed by atoms with E-state index in [2.05, 4.69) is 19.6 Å². The van der Waals surface area contributed by atoms with Gasteiger partial charge in [-0.15, -0.1) is 0 Å². The molecule has 31 heavy (non-hydrogen) atoms. The van der Waals surface area contributed by atoms with Crippen LogP contribution in [0.3, 0.4) is 0 Å². The Bertz CT molecular complexity index is 947. The maximum Gasteiger partial charge on any atom is 0.407 e. The zero-order valence-corrected chi connectivity index (χ0v) is 19.1. The summed E-state index contributed by atoms with van der Waals surface area (Å²) >= 11 is 6.10. The third kappa shape index (κ3) is 5.88. The maximum atomic E-state index is 12.1. The molecule has 174 valence electrons. The molecule has 2 fully saturated rings. The summed E-state index contributed by atoms with van der Waals surface area (Å²) < 4.78 is 29.3. The normalized spacial score (nSPS) is 24.5. The largest absolute Gasteiger partial charge is 0.465 e. The lowest BCUT2D eigenvalue weighted by Crippen LogP contribution is -2.52. The zero-order valence-electron chi connectivity index (χ0n) is 17.5. The van der Waals surface area contributed by atoms with E-state index in [0.29, 0.717) is 50.9 Å². The minimum atomic E-state index is -3.58. The van der Waals surface area contributed by atoms with Crippen LogP contribution in [0.15, 0.2) is 11.0 Å². The second-order valence-corrected chi connectivity index (χ2v) is 10.2. The molecular formula is C18H29ClN6O5S. The molecule has 1 saturated heterocycles. The van der Waals surface area contributed by atoms with Gasteiger partial charge < -0.3 is 14.9 Å². The topological polar surface area (TPSA) is 148 Å². The molecule has 1 aromatic rings. The van der Waals surface area contributed by atoms with E-state index >= 15 is 0 Å². The first-order valence-corrected chi connectivity index (χ1v) is 12.2. The number of rotatable bonds is 7. The molecule has 1 aromatic heterocycles. The number of amides is 1. The fourth-order valence-electron chi connectivity index (χ4n) is 4.43. The SMILES string of the molecule is CC(C)NS(=O)(=O)N[C@H]1CC[C@H](N(C(=O)O)C2CCN(c3cn[nH]c(=O)c3Cl)C2)CC1. The number of carbonyl (C=O) groups is 1. The Balaban J connectivity index is 1.62. The Morgan fingerprint density at radius 3 is 2.58 bits per heavy atom. The van der Waals surface area contributed by atoms with E-state index in [1.165, 1.54) is 11.1 Å². The highest BCUT2D eigenvalue weighted by Crippen LogP contribution is 2.31. The minimum absolute atomic E-state index is 0.0420. The van der Waals surface area contributed by atoms with Gasteiger partial charge >= 0.3 is 6.09 Å². The van der Waals surface area contributed by atoms with E-state index in [1.54, 1.807) is 13.8 Å². The molecule has 1 atom stereocenters. The quantitative estimate of drug-likeness (QED) is 0.461. The van der Waals surface area contributed by atoms with Crippen LogP contribution in [0.5, 0.6) is 0 Å². The predicted octanol–water partition coefficient (Wildman–Crippen LogP) is 1.13. The Morgan fingerprint density at radius 1 is 1.29 bits per heavy atom. The van der Waals surface area contributed by atoms with Crippen LogP contribution in [-0.4, -0.2) is 72.0 Å². The monoisotopic (exact) mass is 476 g/mol. The van der Waals surface area contributed by atoms with Crippen LogP contribution in [0, 0.1) is 0 Å². The van der Waals surface area contributed by atoms with Gasteiger partial charge in [0.25, 0.3) is 15.8 Å². The molecule has 1 aliphatic carbocycles. The van der Waals surface area contributed by atoms with Gasteiger partial charge in [0, 0.05) is 31.2 Å². The molecule has 0 bridgehead atoms. The highest BCUT2D eigenvalue weighted by Gasteiger charge is 2.38. The molecular weight excluding hydrogens is 448 g/mol. The van der Waals surface area contributed by atoms with E-state index in [0.717, 1.165) is 0 Å². The molecule has 0 spiro atoms. The number of aromatic nitrogens is 2.